The first kappa shape index (κ1) is 18.0. The van der Waals surface area contributed by atoms with E-state index in [9.17, 15) is 4.79 Å². The van der Waals surface area contributed by atoms with Gasteiger partial charge in [0.05, 0.1) is 28.4 Å². The summed E-state index contributed by atoms with van der Waals surface area (Å²) in [5.41, 5.74) is 1.62. The number of halogens is 2. The Labute approximate surface area is 160 Å². The van der Waals surface area contributed by atoms with Crippen LogP contribution in [-0.2, 0) is 0 Å². The third-order valence-electron chi connectivity index (χ3n) is 3.59. The molecule has 0 fully saturated rings. The smallest absolute Gasteiger partial charge is 0.259 e. The Morgan fingerprint density at radius 3 is 2.62 bits per heavy atom. The second kappa shape index (κ2) is 8.08. The lowest BCUT2D eigenvalue weighted by Crippen LogP contribution is -2.14. The average molecular weight is 388 g/mol. The Bertz CT molecular complexity index is 948. The highest BCUT2D eigenvalue weighted by Gasteiger charge is 2.14. The van der Waals surface area contributed by atoms with Crippen LogP contribution in [-0.4, -0.2) is 18.0 Å². The Morgan fingerprint density at radius 1 is 1.04 bits per heavy atom. The molecule has 132 valence electrons. The lowest BCUT2D eigenvalue weighted by molar-refractivity contribution is 0.102. The third-order valence-corrected chi connectivity index (χ3v) is 4.33. The van der Waals surface area contributed by atoms with Gasteiger partial charge >= 0.3 is 0 Å². The first-order valence-corrected chi connectivity index (χ1v) is 8.45. The van der Waals surface area contributed by atoms with Gasteiger partial charge in [-0.1, -0.05) is 35.3 Å². The monoisotopic (exact) mass is 387 g/mol. The van der Waals surface area contributed by atoms with Gasteiger partial charge < -0.3 is 15.4 Å². The number of para-hydroxylation sites is 2. The fourth-order valence-corrected chi connectivity index (χ4v) is 2.63. The molecule has 0 aliphatic heterocycles. The van der Waals surface area contributed by atoms with Gasteiger partial charge in [0.2, 0.25) is 0 Å². The van der Waals surface area contributed by atoms with Crippen molar-refractivity contribution in [2.45, 2.75) is 0 Å². The highest BCUT2D eigenvalue weighted by Crippen LogP contribution is 2.29. The SMILES string of the molecule is COc1ccccc1Nc1ncccc1C(=O)Nc1ccc(Cl)c(Cl)c1. The van der Waals surface area contributed by atoms with E-state index < -0.39 is 0 Å². The van der Waals surface area contributed by atoms with Crippen molar-refractivity contribution in [3.63, 3.8) is 0 Å². The summed E-state index contributed by atoms with van der Waals surface area (Å²) in [5.74, 6) is 0.734. The molecule has 1 amide bonds. The van der Waals surface area contributed by atoms with Crippen LogP contribution in [0.15, 0.2) is 60.8 Å². The van der Waals surface area contributed by atoms with Gasteiger partial charge in [0.1, 0.15) is 11.6 Å². The Balaban J connectivity index is 1.86. The number of anilines is 3. The number of nitrogens with zero attached hydrogens (tertiary/aromatic N) is 1. The molecule has 1 aromatic heterocycles. The van der Waals surface area contributed by atoms with Crippen molar-refractivity contribution in [2.24, 2.45) is 0 Å². The van der Waals surface area contributed by atoms with Gasteiger partial charge in [-0.2, -0.15) is 0 Å². The van der Waals surface area contributed by atoms with Gasteiger partial charge in [-0.15, -0.1) is 0 Å². The van der Waals surface area contributed by atoms with Crippen LogP contribution in [0.5, 0.6) is 5.75 Å². The van der Waals surface area contributed by atoms with Gasteiger partial charge in [-0.3, -0.25) is 4.79 Å². The minimum absolute atomic E-state index is 0.325. The lowest BCUT2D eigenvalue weighted by atomic mass is 10.2. The Morgan fingerprint density at radius 2 is 1.85 bits per heavy atom. The molecule has 3 rings (SSSR count). The minimum atomic E-state index is -0.325. The number of aromatic nitrogens is 1. The second-order valence-electron chi connectivity index (χ2n) is 5.31. The van der Waals surface area contributed by atoms with Gasteiger partial charge in [0.15, 0.2) is 0 Å². The molecule has 2 N–H and O–H groups in total. The summed E-state index contributed by atoms with van der Waals surface area (Å²) in [4.78, 5) is 16.9. The van der Waals surface area contributed by atoms with E-state index in [0.717, 1.165) is 0 Å². The van der Waals surface area contributed by atoms with Crippen molar-refractivity contribution in [1.29, 1.82) is 0 Å². The standard InChI is InChI=1S/C19H15Cl2N3O2/c1-26-17-7-3-2-6-16(17)24-18-13(5-4-10-22-18)19(25)23-12-8-9-14(20)15(21)11-12/h2-11H,1H3,(H,22,24)(H,23,25). The summed E-state index contributed by atoms with van der Waals surface area (Å²) in [6.45, 7) is 0. The van der Waals surface area contributed by atoms with Crippen LogP contribution in [0, 0.1) is 0 Å². The largest absolute Gasteiger partial charge is 0.495 e. The maximum atomic E-state index is 12.7. The number of ether oxygens (including phenoxy) is 1. The summed E-state index contributed by atoms with van der Waals surface area (Å²) < 4.78 is 5.32. The summed E-state index contributed by atoms with van der Waals surface area (Å²) in [5, 5.41) is 6.71. The third kappa shape index (κ3) is 4.07. The van der Waals surface area contributed by atoms with Crippen molar-refractivity contribution in [1.82, 2.24) is 4.98 Å². The van der Waals surface area contributed by atoms with E-state index in [1.807, 2.05) is 24.3 Å². The van der Waals surface area contributed by atoms with E-state index in [0.29, 0.717) is 38.6 Å². The number of hydrogen-bond acceptors (Lipinski definition) is 4. The first-order chi connectivity index (χ1) is 12.6. The van der Waals surface area contributed by atoms with Crippen molar-refractivity contribution >= 4 is 46.3 Å². The number of amides is 1. The first-order valence-electron chi connectivity index (χ1n) is 7.70. The van der Waals surface area contributed by atoms with E-state index in [1.165, 1.54) is 0 Å². The van der Waals surface area contributed by atoms with E-state index in [4.69, 9.17) is 27.9 Å². The zero-order valence-corrected chi connectivity index (χ0v) is 15.3. The minimum Gasteiger partial charge on any atom is -0.495 e. The molecule has 0 unspecified atom stereocenters. The second-order valence-corrected chi connectivity index (χ2v) is 6.12. The number of hydrogen-bond donors (Lipinski definition) is 2. The van der Waals surface area contributed by atoms with Crippen molar-refractivity contribution in [3.8, 4) is 5.75 Å². The summed E-state index contributed by atoms with van der Waals surface area (Å²) in [7, 11) is 1.58. The fourth-order valence-electron chi connectivity index (χ4n) is 2.34. The maximum Gasteiger partial charge on any atom is 0.259 e. The number of nitrogens with one attached hydrogen (secondary N) is 2. The van der Waals surface area contributed by atoms with Crippen LogP contribution in [0.2, 0.25) is 10.0 Å². The van der Waals surface area contributed by atoms with Gasteiger partial charge in [0, 0.05) is 11.9 Å². The Kier molecular flexibility index (Phi) is 5.61. The van der Waals surface area contributed by atoms with E-state index in [-0.39, 0.29) is 5.91 Å². The molecule has 3 aromatic rings. The number of benzene rings is 2. The fraction of sp³-hybridized carbons (Fsp3) is 0.0526. The van der Waals surface area contributed by atoms with Gasteiger partial charge in [-0.05, 0) is 42.5 Å². The van der Waals surface area contributed by atoms with Crippen LogP contribution in [0.3, 0.4) is 0 Å². The number of pyridine rings is 1. The molecule has 0 saturated carbocycles. The normalized spacial score (nSPS) is 10.3. The van der Waals surface area contributed by atoms with Crippen LogP contribution < -0.4 is 15.4 Å². The van der Waals surface area contributed by atoms with E-state index in [2.05, 4.69) is 15.6 Å². The molecule has 0 saturated heterocycles. The number of rotatable bonds is 5. The van der Waals surface area contributed by atoms with Crippen LogP contribution in [0.4, 0.5) is 17.2 Å². The number of carbonyl (C=O) groups excluding carboxylic acids is 1. The van der Waals surface area contributed by atoms with E-state index in [1.54, 1.807) is 43.6 Å². The number of carbonyl (C=O) groups is 1. The maximum absolute atomic E-state index is 12.7. The molecule has 0 bridgehead atoms. The van der Waals surface area contributed by atoms with Gasteiger partial charge in [-0.25, -0.2) is 4.98 Å². The zero-order chi connectivity index (χ0) is 18.5. The van der Waals surface area contributed by atoms with Gasteiger partial charge in [0.25, 0.3) is 5.91 Å². The summed E-state index contributed by atoms with van der Waals surface area (Å²) in [6.07, 6.45) is 1.60. The molecular formula is C19H15Cl2N3O2. The van der Waals surface area contributed by atoms with Crippen LogP contribution in [0.1, 0.15) is 10.4 Å². The van der Waals surface area contributed by atoms with E-state index >= 15 is 0 Å². The highest BCUT2D eigenvalue weighted by molar-refractivity contribution is 6.42. The molecule has 26 heavy (non-hydrogen) atoms. The zero-order valence-electron chi connectivity index (χ0n) is 13.8. The molecule has 1 heterocycles. The quantitative estimate of drug-likeness (QED) is 0.615. The van der Waals surface area contributed by atoms with Crippen molar-refractivity contribution in [3.05, 3.63) is 76.4 Å². The lowest BCUT2D eigenvalue weighted by Gasteiger charge is -2.13. The highest BCUT2D eigenvalue weighted by atomic mass is 35.5. The Hall–Kier alpha value is -2.76. The molecule has 7 heteroatoms. The number of methoxy groups -OCH3 is 1. The van der Waals surface area contributed by atoms with Crippen LogP contribution in [0.25, 0.3) is 0 Å². The molecule has 0 aliphatic carbocycles. The summed E-state index contributed by atoms with van der Waals surface area (Å²) >= 11 is 11.9. The average Bonchev–Trinajstić information content (AvgIpc) is 2.65. The predicted octanol–water partition coefficient (Wildman–Crippen LogP) is 5.39. The topological polar surface area (TPSA) is 63.2 Å². The molecule has 0 radical (unpaired) electrons. The van der Waals surface area contributed by atoms with Crippen LogP contribution >= 0.6 is 23.2 Å². The molecule has 5 nitrogen and oxygen atoms in total. The molecular weight excluding hydrogens is 373 g/mol. The van der Waals surface area contributed by atoms with Crippen molar-refractivity contribution in [2.75, 3.05) is 17.7 Å². The van der Waals surface area contributed by atoms with Crippen molar-refractivity contribution < 1.29 is 9.53 Å². The molecule has 0 aliphatic rings. The molecule has 0 atom stereocenters. The summed E-state index contributed by atoms with van der Waals surface area (Å²) in [6, 6.07) is 15.6. The predicted molar refractivity (Wildman–Crippen MR) is 105 cm³/mol. The molecule has 2 aromatic carbocycles. The molecule has 0 spiro atoms.